The summed E-state index contributed by atoms with van der Waals surface area (Å²) in [6, 6.07) is 9.17. The maximum atomic E-state index is 12.9. The van der Waals surface area contributed by atoms with Gasteiger partial charge in [0.25, 0.3) is 0 Å². The molecule has 112 valence electrons. The molecule has 4 nitrogen and oxygen atoms in total. The molecule has 1 unspecified atom stereocenters. The van der Waals surface area contributed by atoms with Gasteiger partial charge in [0.1, 0.15) is 0 Å². The Kier molecular flexibility index (Phi) is 3.42. The quantitative estimate of drug-likeness (QED) is 0.856. The van der Waals surface area contributed by atoms with Crippen LogP contribution in [-0.2, 0) is 16.6 Å². The largest absolute Gasteiger partial charge is 0.349 e. The van der Waals surface area contributed by atoms with E-state index in [0.717, 1.165) is 16.8 Å². The number of benzene rings is 1. The Morgan fingerprint density at radius 2 is 1.86 bits per heavy atom. The summed E-state index contributed by atoms with van der Waals surface area (Å²) in [6.45, 7) is 7.10. The molecule has 0 N–H and O–H groups in total. The Morgan fingerprint density at radius 3 is 2.57 bits per heavy atom. The first-order valence-electron chi connectivity index (χ1n) is 7.15. The van der Waals surface area contributed by atoms with Crippen LogP contribution < -0.4 is 0 Å². The number of fused-ring (bicyclic) bond motifs is 1. The second-order valence-corrected chi connectivity index (χ2v) is 7.55. The number of nitrogens with zero attached hydrogens (tertiary/aromatic N) is 2. The van der Waals surface area contributed by atoms with Gasteiger partial charge in [-0.05, 0) is 56.2 Å². The Morgan fingerprint density at radius 1 is 1.10 bits per heavy atom. The van der Waals surface area contributed by atoms with Crippen molar-refractivity contribution in [1.29, 1.82) is 0 Å². The average molecular weight is 304 g/mol. The zero-order valence-electron chi connectivity index (χ0n) is 12.6. The molecule has 0 aliphatic carbocycles. The minimum absolute atomic E-state index is 0.139. The Balaban J connectivity index is 2.01. The van der Waals surface area contributed by atoms with E-state index in [4.69, 9.17) is 0 Å². The Labute approximate surface area is 126 Å². The van der Waals surface area contributed by atoms with Crippen LogP contribution >= 0.6 is 0 Å². The molecule has 2 heterocycles. The molecule has 1 atom stereocenters. The van der Waals surface area contributed by atoms with Crippen molar-refractivity contribution in [2.75, 3.05) is 6.54 Å². The maximum Gasteiger partial charge on any atom is 0.243 e. The molecule has 0 amide bonds. The molecule has 2 aromatic rings. The highest BCUT2D eigenvalue weighted by Gasteiger charge is 2.33. The third-order valence-electron chi connectivity index (χ3n) is 4.37. The van der Waals surface area contributed by atoms with Crippen molar-refractivity contribution < 1.29 is 8.42 Å². The molecule has 1 aliphatic heterocycles. The molecule has 3 rings (SSSR count). The van der Waals surface area contributed by atoms with Crippen molar-refractivity contribution in [3.05, 3.63) is 53.3 Å². The number of hydrogen-bond acceptors (Lipinski definition) is 2. The number of aromatic nitrogens is 1. The highest BCUT2D eigenvalue weighted by molar-refractivity contribution is 7.89. The van der Waals surface area contributed by atoms with Crippen LogP contribution in [0.25, 0.3) is 0 Å². The van der Waals surface area contributed by atoms with Crippen LogP contribution in [0.1, 0.15) is 29.8 Å². The first-order chi connectivity index (χ1) is 9.91. The van der Waals surface area contributed by atoms with Gasteiger partial charge in [0.05, 0.1) is 10.9 Å². The molecule has 0 radical (unpaired) electrons. The van der Waals surface area contributed by atoms with Crippen LogP contribution in [0.3, 0.4) is 0 Å². The highest BCUT2D eigenvalue weighted by atomic mass is 32.2. The van der Waals surface area contributed by atoms with E-state index in [1.807, 2.05) is 45.2 Å². The van der Waals surface area contributed by atoms with Gasteiger partial charge < -0.3 is 4.57 Å². The number of rotatable bonds is 2. The highest BCUT2D eigenvalue weighted by Crippen LogP contribution is 2.31. The van der Waals surface area contributed by atoms with Gasteiger partial charge in [-0.3, -0.25) is 0 Å². The summed E-state index contributed by atoms with van der Waals surface area (Å²) >= 11 is 0. The third-order valence-corrected chi connectivity index (χ3v) is 6.34. The van der Waals surface area contributed by atoms with Gasteiger partial charge in [-0.25, -0.2) is 8.42 Å². The van der Waals surface area contributed by atoms with Crippen molar-refractivity contribution in [2.24, 2.45) is 0 Å². The molecule has 0 fully saturated rings. The molecule has 5 heteroatoms. The summed E-state index contributed by atoms with van der Waals surface area (Å²) in [4.78, 5) is 0.387. The average Bonchev–Trinajstić information content (AvgIpc) is 2.91. The van der Waals surface area contributed by atoms with Gasteiger partial charge in [0.2, 0.25) is 10.0 Å². The minimum atomic E-state index is -3.45. The van der Waals surface area contributed by atoms with Crippen LogP contribution in [0, 0.1) is 13.8 Å². The summed E-state index contributed by atoms with van der Waals surface area (Å²) in [5.74, 6) is 0. The first kappa shape index (κ1) is 14.4. The monoisotopic (exact) mass is 304 g/mol. The van der Waals surface area contributed by atoms with Gasteiger partial charge >= 0.3 is 0 Å². The minimum Gasteiger partial charge on any atom is -0.349 e. The topological polar surface area (TPSA) is 42.3 Å². The molecule has 0 saturated heterocycles. The van der Waals surface area contributed by atoms with E-state index < -0.39 is 10.0 Å². The lowest BCUT2D eigenvalue weighted by atomic mass is 10.1. The van der Waals surface area contributed by atoms with Crippen molar-refractivity contribution in [1.82, 2.24) is 8.87 Å². The van der Waals surface area contributed by atoms with E-state index >= 15 is 0 Å². The fraction of sp³-hybridized carbons (Fsp3) is 0.375. The molecular formula is C16H20N2O2S. The van der Waals surface area contributed by atoms with Crippen LogP contribution in [0.4, 0.5) is 0 Å². The molecule has 0 bridgehead atoms. The van der Waals surface area contributed by atoms with Crippen LogP contribution in [0.15, 0.2) is 41.4 Å². The summed E-state index contributed by atoms with van der Waals surface area (Å²) in [5, 5.41) is 0. The van der Waals surface area contributed by atoms with Crippen LogP contribution in [0.2, 0.25) is 0 Å². The molecule has 0 saturated carbocycles. The Bertz CT molecular complexity index is 777. The predicted molar refractivity (Wildman–Crippen MR) is 82.7 cm³/mol. The van der Waals surface area contributed by atoms with Crippen LogP contribution in [-0.4, -0.2) is 23.8 Å². The predicted octanol–water partition coefficient (Wildman–Crippen LogP) is 2.87. The van der Waals surface area contributed by atoms with E-state index in [0.29, 0.717) is 18.0 Å². The van der Waals surface area contributed by atoms with Crippen molar-refractivity contribution in [3.8, 4) is 0 Å². The summed E-state index contributed by atoms with van der Waals surface area (Å²) in [7, 11) is -3.45. The molecule has 21 heavy (non-hydrogen) atoms. The number of aryl methyl sites for hydroxylation is 2. The van der Waals surface area contributed by atoms with E-state index in [1.165, 1.54) is 0 Å². The fourth-order valence-corrected chi connectivity index (χ4v) is 4.58. The zero-order valence-corrected chi connectivity index (χ0v) is 13.4. The lowest BCUT2D eigenvalue weighted by Gasteiger charge is -2.34. The van der Waals surface area contributed by atoms with E-state index in [2.05, 4.69) is 4.57 Å². The maximum absolute atomic E-state index is 12.9. The number of hydrogen-bond donors (Lipinski definition) is 0. The summed E-state index contributed by atoms with van der Waals surface area (Å²) in [5.41, 5.74) is 3.16. The van der Waals surface area contributed by atoms with Gasteiger partial charge in [-0.2, -0.15) is 4.31 Å². The second-order valence-electron chi connectivity index (χ2n) is 5.66. The second kappa shape index (κ2) is 5.00. The normalized spacial score (nSPS) is 19.5. The molecule has 1 aromatic heterocycles. The first-order valence-corrected chi connectivity index (χ1v) is 8.59. The molecule has 1 aromatic carbocycles. The Hall–Kier alpha value is -1.59. The van der Waals surface area contributed by atoms with Crippen molar-refractivity contribution in [3.63, 3.8) is 0 Å². The molecule has 0 spiro atoms. The third kappa shape index (κ3) is 2.30. The standard InChI is InChI=1S/C16H20N2O2S/c1-12-6-7-15(11-13(12)2)21(19,20)18-10-9-17-8-4-5-16(17)14(18)3/h4-8,11,14H,9-10H2,1-3H3. The lowest BCUT2D eigenvalue weighted by Crippen LogP contribution is -2.40. The molecule has 1 aliphatic rings. The SMILES string of the molecule is Cc1ccc(S(=O)(=O)N2CCn3cccc3C2C)cc1C. The van der Waals surface area contributed by atoms with E-state index in [9.17, 15) is 8.42 Å². The molecular weight excluding hydrogens is 284 g/mol. The van der Waals surface area contributed by atoms with Gasteiger partial charge in [-0.1, -0.05) is 6.07 Å². The van der Waals surface area contributed by atoms with Crippen molar-refractivity contribution >= 4 is 10.0 Å². The lowest BCUT2D eigenvalue weighted by molar-refractivity contribution is 0.282. The van der Waals surface area contributed by atoms with E-state index in [-0.39, 0.29) is 6.04 Å². The summed E-state index contributed by atoms with van der Waals surface area (Å²) in [6.07, 6.45) is 2.01. The van der Waals surface area contributed by atoms with Crippen LogP contribution in [0.5, 0.6) is 0 Å². The zero-order chi connectivity index (χ0) is 15.2. The summed E-state index contributed by atoms with van der Waals surface area (Å²) < 4.78 is 29.5. The smallest absolute Gasteiger partial charge is 0.243 e. The fourth-order valence-electron chi connectivity index (χ4n) is 2.90. The van der Waals surface area contributed by atoms with Gasteiger partial charge in [-0.15, -0.1) is 0 Å². The van der Waals surface area contributed by atoms with Gasteiger partial charge in [0, 0.05) is 25.0 Å². The van der Waals surface area contributed by atoms with Crippen molar-refractivity contribution in [2.45, 2.75) is 38.3 Å². The number of sulfonamides is 1. The van der Waals surface area contributed by atoms with Gasteiger partial charge in [0.15, 0.2) is 0 Å². The van der Waals surface area contributed by atoms with E-state index in [1.54, 1.807) is 16.4 Å².